The first-order valence-electron chi connectivity index (χ1n) is 8.34. The minimum absolute atomic E-state index is 0.0440. The maximum Gasteiger partial charge on any atom is 0.269 e. The predicted octanol–water partition coefficient (Wildman–Crippen LogP) is 3.85. The molecular weight excluding hydrogens is 454 g/mol. The van der Waals surface area contributed by atoms with Crippen LogP contribution < -0.4 is 14.8 Å². The van der Waals surface area contributed by atoms with Crippen LogP contribution in [-0.4, -0.2) is 42.5 Å². The highest BCUT2D eigenvalue weighted by atomic mass is 79.9. The highest BCUT2D eigenvalue weighted by Gasteiger charge is 2.17. The summed E-state index contributed by atoms with van der Waals surface area (Å²) in [6.45, 7) is 1.29. The average molecular weight is 471 g/mol. The van der Waals surface area contributed by atoms with Crippen molar-refractivity contribution in [2.24, 2.45) is 0 Å². The van der Waals surface area contributed by atoms with Crippen LogP contribution in [0.3, 0.4) is 0 Å². The predicted molar refractivity (Wildman–Crippen MR) is 108 cm³/mol. The lowest BCUT2D eigenvalue weighted by Crippen LogP contribution is -2.30. The van der Waals surface area contributed by atoms with E-state index in [1.165, 1.54) is 18.2 Å². The van der Waals surface area contributed by atoms with Gasteiger partial charge in [-0.1, -0.05) is 11.6 Å². The number of nitro groups is 1. The summed E-state index contributed by atoms with van der Waals surface area (Å²) in [4.78, 5) is 24.6. The zero-order chi connectivity index (χ0) is 20.3. The second-order valence-electron chi connectivity index (χ2n) is 6.23. The molecule has 0 fully saturated rings. The Kier molecular flexibility index (Phi) is 6.38. The van der Waals surface area contributed by atoms with Gasteiger partial charge in [-0.2, -0.15) is 0 Å². The van der Waals surface area contributed by atoms with Crippen LogP contribution in [0.5, 0.6) is 11.5 Å². The van der Waals surface area contributed by atoms with Gasteiger partial charge in [0.15, 0.2) is 11.5 Å². The number of fused-ring (bicyclic) bond motifs is 1. The third-order valence-corrected chi connectivity index (χ3v) is 5.02. The van der Waals surface area contributed by atoms with Crippen LogP contribution in [0.4, 0.5) is 11.4 Å². The minimum atomic E-state index is -0.480. The molecule has 0 saturated heterocycles. The van der Waals surface area contributed by atoms with Gasteiger partial charge in [0.2, 0.25) is 5.91 Å². The number of halogens is 2. The number of ether oxygens (including phenoxy) is 2. The van der Waals surface area contributed by atoms with Crippen molar-refractivity contribution in [2.75, 3.05) is 32.1 Å². The van der Waals surface area contributed by atoms with Crippen LogP contribution in [0, 0.1) is 10.1 Å². The summed E-state index contributed by atoms with van der Waals surface area (Å²) in [5, 5.41) is 14.2. The van der Waals surface area contributed by atoms with Crippen molar-refractivity contribution in [2.45, 2.75) is 6.54 Å². The van der Waals surface area contributed by atoms with E-state index in [9.17, 15) is 14.9 Å². The summed E-state index contributed by atoms with van der Waals surface area (Å²) >= 11 is 9.53. The Bertz CT molecular complexity index is 924. The molecule has 10 heteroatoms. The maximum atomic E-state index is 12.4. The second kappa shape index (κ2) is 8.76. The SMILES string of the molecule is CN(CC(=O)Nc1cc2c(cc1Br)OCCO2)Cc1cc([N+](=O)[O-])ccc1Cl. The largest absolute Gasteiger partial charge is 0.486 e. The summed E-state index contributed by atoms with van der Waals surface area (Å²) in [5.41, 5.74) is 1.10. The summed E-state index contributed by atoms with van der Waals surface area (Å²) in [6.07, 6.45) is 0. The number of carbonyl (C=O) groups is 1. The molecule has 0 bridgehead atoms. The maximum absolute atomic E-state index is 12.4. The van der Waals surface area contributed by atoms with Crippen molar-refractivity contribution in [1.82, 2.24) is 4.90 Å². The number of nitrogens with zero attached hydrogens (tertiary/aromatic N) is 2. The van der Waals surface area contributed by atoms with E-state index in [0.717, 1.165) is 0 Å². The number of likely N-dealkylation sites (N-methyl/N-ethyl adjacent to an activating group) is 1. The standard InChI is InChI=1S/C18H17BrClN3O5/c1-22(9-11-6-12(23(25)26)2-3-14(11)20)10-18(24)21-15-8-17-16(7-13(15)19)27-4-5-28-17/h2-3,6-8H,4-5,9-10H2,1H3,(H,21,24). The third kappa shape index (κ3) is 4.92. The highest BCUT2D eigenvalue weighted by molar-refractivity contribution is 9.10. The van der Waals surface area contributed by atoms with E-state index in [0.29, 0.717) is 45.5 Å². The molecule has 0 unspecified atom stereocenters. The van der Waals surface area contributed by atoms with Gasteiger partial charge >= 0.3 is 0 Å². The summed E-state index contributed by atoms with van der Waals surface area (Å²) < 4.78 is 11.7. The normalized spacial score (nSPS) is 12.7. The molecule has 28 heavy (non-hydrogen) atoms. The number of rotatable bonds is 6. The van der Waals surface area contributed by atoms with Crippen molar-refractivity contribution in [3.8, 4) is 11.5 Å². The fourth-order valence-corrected chi connectivity index (χ4v) is 3.34. The number of hydrogen-bond acceptors (Lipinski definition) is 6. The molecule has 0 radical (unpaired) electrons. The Labute approximate surface area is 174 Å². The molecule has 148 valence electrons. The van der Waals surface area contributed by atoms with E-state index in [-0.39, 0.29) is 24.7 Å². The Morgan fingerprint density at radius 2 is 1.96 bits per heavy atom. The highest BCUT2D eigenvalue weighted by Crippen LogP contribution is 2.38. The molecule has 0 atom stereocenters. The van der Waals surface area contributed by atoms with Crippen molar-refractivity contribution in [3.05, 3.63) is 55.5 Å². The number of nitrogens with one attached hydrogen (secondary N) is 1. The molecule has 1 aliphatic heterocycles. The number of amides is 1. The quantitative estimate of drug-likeness (QED) is 0.509. The van der Waals surface area contributed by atoms with Crippen LogP contribution in [0.2, 0.25) is 5.02 Å². The molecule has 2 aromatic rings. The van der Waals surface area contributed by atoms with E-state index in [1.54, 1.807) is 24.1 Å². The molecule has 2 aromatic carbocycles. The van der Waals surface area contributed by atoms with Gasteiger partial charge in [0.1, 0.15) is 13.2 Å². The zero-order valence-electron chi connectivity index (χ0n) is 14.9. The molecule has 8 nitrogen and oxygen atoms in total. The third-order valence-electron chi connectivity index (χ3n) is 4.00. The molecule has 1 amide bonds. The summed E-state index contributed by atoms with van der Waals surface area (Å²) in [6, 6.07) is 7.69. The monoisotopic (exact) mass is 469 g/mol. The van der Waals surface area contributed by atoms with Crippen LogP contribution in [-0.2, 0) is 11.3 Å². The first kappa shape index (κ1) is 20.4. The van der Waals surface area contributed by atoms with Gasteiger partial charge in [-0.3, -0.25) is 19.8 Å². The van der Waals surface area contributed by atoms with E-state index >= 15 is 0 Å². The molecule has 0 spiro atoms. The van der Waals surface area contributed by atoms with Crippen LogP contribution in [0.1, 0.15) is 5.56 Å². The number of benzene rings is 2. The van der Waals surface area contributed by atoms with Gasteiger partial charge < -0.3 is 14.8 Å². The van der Waals surface area contributed by atoms with Gasteiger partial charge in [-0.25, -0.2) is 0 Å². The van der Waals surface area contributed by atoms with E-state index in [1.807, 2.05) is 0 Å². The second-order valence-corrected chi connectivity index (χ2v) is 7.49. The zero-order valence-corrected chi connectivity index (χ0v) is 17.2. The van der Waals surface area contributed by atoms with Gasteiger partial charge in [-0.05, 0) is 34.6 Å². The molecule has 0 aromatic heterocycles. The van der Waals surface area contributed by atoms with Gasteiger partial charge in [0, 0.05) is 40.3 Å². The lowest BCUT2D eigenvalue weighted by atomic mass is 10.2. The molecule has 1 heterocycles. The Balaban J connectivity index is 1.64. The molecule has 0 aliphatic carbocycles. The lowest BCUT2D eigenvalue weighted by molar-refractivity contribution is -0.384. The van der Waals surface area contributed by atoms with Gasteiger partial charge in [-0.15, -0.1) is 0 Å². The molecule has 1 aliphatic rings. The Hall–Kier alpha value is -2.36. The molecule has 0 saturated carbocycles. The number of nitro benzene ring substituents is 1. The van der Waals surface area contributed by atoms with Crippen molar-refractivity contribution >= 4 is 44.8 Å². The number of anilines is 1. The van der Waals surface area contributed by atoms with Crippen LogP contribution in [0.25, 0.3) is 0 Å². The number of hydrogen-bond donors (Lipinski definition) is 1. The van der Waals surface area contributed by atoms with Crippen molar-refractivity contribution in [1.29, 1.82) is 0 Å². The average Bonchev–Trinajstić information content (AvgIpc) is 2.63. The fraction of sp³-hybridized carbons (Fsp3) is 0.278. The van der Waals surface area contributed by atoms with Crippen LogP contribution >= 0.6 is 27.5 Å². The van der Waals surface area contributed by atoms with Gasteiger partial charge in [0.05, 0.1) is 17.2 Å². The van der Waals surface area contributed by atoms with Crippen molar-refractivity contribution < 1.29 is 19.2 Å². The lowest BCUT2D eigenvalue weighted by Gasteiger charge is -2.21. The first-order valence-corrected chi connectivity index (χ1v) is 9.51. The Morgan fingerprint density at radius 3 is 2.64 bits per heavy atom. The van der Waals surface area contributed by atoms with Crippen molar-refractivity contribution in [3.63, 3.8) is 0 Å². The fourth-order valence-electron chi connectivity index (χ4n) is 2.74. The molecular formula is C18H17BrClN3O5. The minimum Gasteiger partial charge on any atom is -0.486 e. The molecule has 3 rings (SSSR count). The number of non-ortho nitro benzene ring substituents is 1. The van der Waals surface area contributed by atoms with Gasteiger partial charge in [0.25, 0.3) is 5.69 Å². The summed E-state index contributed by atoms with van der Waals surface area (Å²) in [7, 11) is 1.73. The molecule has 1 N–H and O–H groups in total. The van der Waals surface area contributed by atoms with Crippen LogP contribution in [0.15, 0.2) is 34.8 Å². The Morgan fingerprint density at radius 1 is 1.29 bits per heavy atom. The topological polar surface area (TPSA) is 93.9 Å². The summed E-state index contributed by atoms with van der Waals surface area (Å²) in [5.74, 6) is 0.941. The van der Waals surface area contributed by atoms with E-state index in [2.05, 4.69) is 21.2 Å². The number of carbonyl (C=O) groups excluding carboxylic acids is 1. The first-order chi connectivity index (χ1) is 13.3. The van der Waals surface area contributed by atoms with E-state index < -0.39 is 4.92 Å². The van der Waals surface area contributed by atoms with E-state index in [4.69, 9.17) is 21.1 Å². The smallest absolute Gasteiger partial charge is 0.269 e.